The third-order valence-electron chi connectivity index (χ3n) is 4.09. The summed E-state index contributed by atoms with van der Waals surface area (Å²) in [6.45, 7) is 1.60. The Kier molecular flexibility index (Phi) is 4.64. The van der Waals surface area contributed by atoms with Gasteiger partial charge in [0.15, 0.2) is 0 Å². The number of amides is 1. The minimum atomic E-state index is -0.986. The lowest BCUT2D eigenvalue weighted by atomic mass is 10.0. The van der Waals surface area contributed by atoms with Crippen LogP contribution in [0.4, 0.5) is 9.18 Å². The Labute approximate surface area is 143 Å². The van der Waals surface area contributed by atoms with Crippen molar-refractivity contribution in [3.63, 3.8) is 0 Å². The van der Waals surface area contributed by atoms with Gasteiger partial charge in [-0.05, 0) is 36.9 Å². The highest BCUT2D eigenvalue weighted by atomic mass is 35.5. The molecule has 3 rings (SSSR count). The van der Waals surface area contributed by atoms with Crippen molar-refractivity contribution in [3.8, 4) is 11.3 Å². The van der Waals surface area contributed by atoms with Crippen molar-refractivity contribution in [2.24, 2.45) is 0 Å². The molecule has 1 amide bonds. The molecule has 1 unspecified atom stereocenters. The molecule has 1 aromatic carbocycles. The van der Waals surface area contributed by atoms with Gasteiger partial charge in [-0.15, -0.1) is 0 Å². The van der Waals surface area contributed by atoms with Crippen LogP contribution in [0.25, 0.3) is 11.3 Å². The number of piperazine rings is 1. The van der Waals surface area contributed by atoms with Gasteiger partial charge in [-0.1, -0.05) is 11.6 Å². The van der Waals surface area contributed by atoms with E-state index in [1.165, 1.54) is 29.3 Å². The van der Waals surface area contributed by atoms with E-state index in [0.717, 1.165) is 0 Å². The molecular formula is C16H16ClFN4O2. The number of benzene rings is 1. The molecule has 0 saturated carbocycles. The molecule has 24 heavy (non-hydrogen) atoms. The van der Waals surface area contributed by atoms with Crippen molar-refractivity contribution in [2.45, 2.75) is 6.04 Å². The summed E-state index contributed by atoms with van der Waals surface area (Å²) in [5.74, 6) is -0.457. The number of carbonyl (C=O) groups is 1. The van der Waals surface area contributed by atoms with Gasteiger partial charge in [0.2, 0.25) is 0 Å². The van der Waals surface area contributed by atoms with E-state index in [-0.39, 0.29) is 11.6 Å². The Balaban J connectivity index is 2.00. The fourth-order valence-corrected chi connectivity index (χ4v) is 3.00. The smallest absolute Gasteiger partial charge is 0.407 e. The highest BCUT2D eigenvalue weighted by molar-refractivity contribution is 6.30. The predicted molar refractivity (Wildman–Crippen MR) is 87.4 cm³/mol. The Morgan fingerprint density at radius 2 is 2.17 bits per heavy atom. The minimum Gasteiger partial charge on any atom is -0.465 e. The lowest BCUT2D eigenvalue weighted by Gasteiger charge is -2.38. The fraction of sp³-hybridized carbons (Fsp3) is 0.312. The van der Waals surface area contributed by atoms with Crippen molar-refractivity contribution < 1.29 is 14.3 Å². The van der Waals surface area contributed by atoms with Crippen molar-refractivity contribution in [1.29, 1.82) is 0 Å². The summed E-state index contributed by atoms with van der Waals surface area (Å²) < 4.78 is 14.1. The number of hydrogen-bond donors (Lipinski definition) is 1. The van der Waals surface area contributed by atoms with Crippen LogP contribution in [0.2, 0.25) is 5.02 Å². The average Bonchev–Trinajstić information content (AvgIpc) is 2.57. The highest BCUT2D eigenvalue weighted by Gasteiger charge is 2.30. The van der Waals surface area contributed by atoms with E-state index in [2.05, 4.69) is 10.2 Å². The molecule has 126 valence electrons. The Hall–Kier alpha value is -2.25. The molecule has 2 heterocycles. The topological polar surface area (TPSA) is 69.6 Å². The van der Waals surface area contributed by atoms with E-state index >= 15 is 0 Å². The molecule has 0 spiro atoms. The van der Waals surface area contributed by atoms with E-state index in [9.17, 15) is 14.3 Å². The van der Waals surface area contributed by atoms with Crippen molar-refractivity contribution >= 4 is 17.7 Å². The van der Waals surface area contributed by atoms with Gasteiger partial charge in [0.1, 0.15) is 5.82 Å². The predicted octanol–water partition coefficient (Wildman–Crippen LogP) is 2.90. The van der Waals surface area contributed by atoms with E-state index in [4.69, 9.17) is 11.6 Å². The van der Waals surface area contributed by atoms with Crippen LogP contribution in [0.15, 0.2) is 30.5 Å². The summed E-state index contributed by atoms with van der Waals surface area (Å²) in [5.41, 5.74) is 1.24. The molecule has 1 aliphatic heterocycles. The molecular weight excluding hydrogens is 335 g/mol. The highest BCUT2D eigenvalue weighted by Crippen LogP contribution is 2.29. The van der Waals surface area contributed by atoms with Crippen molar-refractivity contribution in [3.05, 3.63) is 46.9 Å². The molecule has 0 aliphatic carbocycles. The minimum absolute atomic E-state index is 0.239. The lowest BCUT2D eigenvalue weighted by molar-refractivity contribution is 0.0773. The largest absolute Gasteiger partial charge is 0.465 e. The summed E-state index contributed by atoms with van der Waals surface area (Å²) in [7, 11) is 1.93. The van der Waals surface area contributed by atoms with Crippen LogP contribution in [0.3, 0.4) is 0 Å². The molecule has 1 aliphatic rings. The van der Waals surface area contributed by atoms with Gasteiger partial charge >= 0.3 is 6.09 Å². The zero-order chi connectivity index (χ0) is 17.3. The van der Waals surface area contributed by atoms with Crippen LogP contribution in [-0.2, 0) is 0 Å². The number of halogens is 2. The number of nitrogens with zero attached hydrogens (tertiary/aromatic N) is 4. The number of hydrogen-bond acceptors (Lipinski definition) is 4. The number of likely N-dealkylation sites (N-methyl/N-ethyl adjacent to an activating group) is 1. The maximum absolute atomic E-state index is 14.1. The number of carboxylic acid groups (broad SMARTS) is 1. The fourth-order valence-electron chi connectivity index (χ4n) is 2.82. The first-order chi connectivity index (χ1) is 11.5. The maximum Gasteiger partial charge on any atom is 0.407 e. The Morgan fingerprint density at radius 1 is 1.38 bits per heavy atom. The monoisotopic (exact) mass is 350 g/mol. The Bertz CT molecular complexity index is 773. The molecule has 2 aromatic rings. The van der Waals surface area contributed by atoms with Crippen LogP contribution >= 0.6 is 11.6 Å². The molecule has 1 atom stereocenters. The van der Waals surface area contributed by atoms with E-state index < -0.39 is 11.9 Å². The second-order valence-corrected chi connectivity index (χ2v) is 6.19. The summed E-state index contributed by atoms with van der Waals surface area (Å²) in [5, 5.41) is 17.7. The molecule has 0 radical (unpaired) electrons. The van der Waals surface area contributed by atoms with E-state index in [1.54, 1.807) is 6.07 Å². The number of rotatable bonds is 2. The van der Waals surface area contributed by atoms with Crippen LogP contribution in [0, 0.1) is 5.82 Å². The van der Waals surface area contributed by atoms with Crippen molar-refractivity contribution in [1.82, 2.24) is 20.0 Å². The van der Waals surface area contributed by atoms with Gasteiger partial charge in [0.25, 0.3) is 0 Å². The van der Waals surface area contributed by atoms with Gasteiger partial charge in [0.05, 0.1) is 17.9 Å². The summed E-state index contributed by atoms with van der Waals surface area (Å²) in [6, 6.07) is 5.50. The van der Waals surface area contributed by atoms with Crippen molar-refractivity contribution in [2.75, 3.05) is 26.7 Å². The first-order valence-corrected chi connectivity index (χ1v) is 7.79. The standard InChI is InChI=1S/C16H16ClFN4O2/c1-21-4-5-22(16(23)24)15(9-21)10-6-14(20-19-8-10)12-7-11(17)2-3-13(12)18/h2-3,6-8,15H,4-5,9H2,1H3,(H,23,24). The van der Waals surface area contributed by atoms with Gasteiger partial charge in [-0.3, -0.25) is 4.90 Å². The van der Waals surface area contributed by atoms with E-state index in [1.807, 2.05) is 11.9 Å². The first kappa shape index (κ1) is 16.6. The molecule has 1 fully saturated rings. The molecule has 1 saturated heterocycles. The SMILES string of the molecule is CN1CCN(C(=O)O)C(c2cnnc(-c3cc(Cl)ccc3F)c2)C1. The van der Waals surface area contributed by atoms with Crippen LogP contribution < -0.4 is 0 Å². The number of aromatic nitrogens is 2. The third kappa shape index (κ3) is 3.32. The Morgan fingerprint density at radius 3 is 2.92 bits per heavy atom. The maximum atomic E-state index is 14.1. The molecule has 0 bridgehead atoms. The second kappa shape index (κ2) is 6.70. The summed E-state index contributed by atoms with van der Waals surface area (Å²) >= 11 is 5.93. The van der Waals surface area contributed by atoms with Gasteiger partial charge in [0, 0.05) is 30.2 Å². The zero-order valence-corrected chi connectivity index (χ0v) is 13.7. The molecule has 1 aromatic heterocycles. The molecule has 1 N–H and O–H groups in total. The second-order valence-electron chi connectivity index (χ2n) is 5.75. The van der Waals surface area contributed by atoms with Crippen LogP contribution in [0.1, 0.15) is 11.6 Å². The van der Waals surface area contributed by atoms with Crippen LogP contribution in [-0.4, -0.2) is 57.9 Å². The van der Waals surface area contributed by atoms with Gasteiger partial charge < -0.3 is 10.0 Å². The lowest BCUT2D eigenvalue weighted by Crippen LogP contribution is -2.48. The quantitative estimate of drug-likeness (QED) is 0.901. The first-order valence-electron chi connectivity index (χ1n) is 7.42. The molecule has 6 nitrogen and oxygen atoms in total. The molecule has 8 heteroatoms. The van der Waals surface area contributed by atoms with Gasteiger partial charge in [-0.2, -0.15) is 10.2 Å². The van der Waals surface area contributed by atoms with Gasteiger partial charge in [-0.25, -0.2) is 9.18 Å². The normalized spacial score (nSPS) is 18.6. The van der Waals surface area contributed by atoms with E-state index in [0.29, 0.717) is 35.9 Å². The zero-order valence-electron chi connectivity index (χ0n) is 13.0. The third-order valence-corrected chi connectivity index (χ3v) is 4.33. The average molecular weight is 351 g/mol. The summed E-state index contributed by atoms with van der Waals surface area (Å²) in [4.78, 5) is 14.9. The van der Waals surface area contributed by atoms with Crippen LogP contribution in [0.5, 0.6) is 0 Å². The summed E-state index contributed by atoms with van der Waals surface area (Å²) in [6.07, 6.45) is 0.534.